The molecule has 1 aromatic heterocycles. The number of aromatic nitrogens is 2. The van der Waals surface area contributed by atoms with E-state index in [1.807, 2.05) is 0 Å². The van der Waals surface area contributed by atoms with Crippen molar-refractivity contribution in [2.45, 2.75) is 19.8 Å². The third kappa shape index (κ3) is 5.21. The molecule has 1 heterocycles. The zero-order valence-corrected chi connectivity index (χ0v) is 11.8. The Kier molecular flexibility index (Phi) is 6.81. The molecule has 6 nitrogen and oxygen atoms in total. The number of hydrogen-bond acceptors (Lipinski definition) is 5. The number of hydrogen-bond donors (Lipinski definition) is 1. The first kappa shape index (κ1) is 15.4. The van der Waals surface area contributed by atoms with Crippen molar-refractivity contribution in [2.75, 3.05) is 39.2 Å². The van der Waals surface area contributed by atoms with Gasteiger partial charge in [0, 0.05) is 39.6 Å². The van der Waals surface area contributed by atoms with Crippen LogP contribution in [-0.2, 0) is 4.74 Å². The maximum Gasteiger partial charge on any atom is 0.256 e. The van der Waals surface area contributed by atoms with Gasteiger partial charge in [-0.3, -0.25) is 4.79 Å². The van der Waals surface area contributed by atoms with Crippen LogP contribution in [0, 0.1) is 0 Å². The molecule has 1 N–H and O–H groups in total. The molecule has 1 aromatic rings. The molecule has 0 aliphatic heterocycles. The number of carbonyl (C=O) groups excluding carboxylic acids is 1. The highest BCUT2D eigenvalue weighted by Gasteiger charge is 2.11. The molecular formula is C13H22N4O2. The fraction of sp³-hybridized carbons (Fsp3) is 0.615. The van der Waals surface area contributed by atoms with Gasteiger partial charge in [0.15, 0.2) is 0 Å². The van der Waals surface area contributed by atoms with Crippen molar-refractivity contribution in [3.05, 3.63) is 18.0 Å². The number of anilines is 1. The Labute approximate surface area is 114 Å². The number of carbonyl (C=O) groups is 1. The van der Waals surface area contributed by atoms with E-state index in [0.717, 1.165) is 19.4 Å². The molecule has 0 saturated heterocycles. The summed E-state index contributed by atoms with van der Waals surface area (Å²) in [6, 6.07) is 0. The highest BCUT2D eigenvalue weighted by Crippen LogP contribution is 2.04. The second-order valence-corrected chi connectivity index (χ2v) is 4.30. The lowest BCUT2D eigenvalue weighted by atomic mass is 10.2. The van der Waals surface area contributed by atoms with Gasteiger partial charge >= 0.3 is 0 Å². The van der Waals surface area contributed by atoms with Crippen LogP contribution in [0.2, 0.25) is 0 Å². The Hall–Kier alpha value is -1.69. The van der Waals surface area contributed by atoms with Crippen molar-refractivity contribution in [1.82, 2.24) is 14.9 Å². The fourth-order valence-electron chi connectivity index (χ4n) is 1.51. The predicted molar refractivity (Wildman–Crippen MR) is 74.3 cm³/mol. The van der Waals surface area contributed by atoms with Crippen molar-refractivity contribution in [1.29, 1.82) is 0 Å². The minimum absolute atomic E-state index is 0.0445. The first-order valence-electron chi connectivity index (χ1n) is 6.49. The molecule has 0 aliphatic carbocycles. The highest BCUT2D eigenvalue weighted by molar-refractivity contribution is 5.93. The minimum atomic E-state index is -0.0445. The van der Waals surface area contributed by atoms with Crippen molar-refractivity contribution < 1.29 is 9.53 Å². The van der Waals surface area contributed by atoms with E-state index in [1.54, 1.807) is 31.5 Å². The van der Waals surface area contributed by atoms with Gasteiger partial charge in [-0.25, -0.2) is 9.97 Å². The second-order valence-electron chi connectivity index (χ2n) is 4.30. The molecule has 1 rings (SSSR count). The van der Waals surface area contributed by atoms with Crippen molar-refractivity contribution in [3.8, 4) is 0 Å². The maximum atomic E-state index is 12.0. The molecule has 19 heavy (non-hydrogen) atoms. The lowest BCUT2D eigenvalue weighted by Gasteiger charge is -2.16. The van der Waals surface area contributed by atoms with Crippen molar-refractivity contribution in [2.24, 2.45) is 0 Å². The van der Waals surface area contributed by atoms with Crippen LogP contribution in [0.15, 0.2) is 12.4 Å². The Morgan fingerprint density at radius 1 is 1.42 bits per heavy atom. The van der Waals surface area contributed by atoms with Gasteiger partial charge < -0.3 is 15.0 Å². The molecule has 0 radical (unpaired) electrons. The van der Waals surface area contributed by atoms with Crippen LogP contribution in [0.5, 0.6) is 0 Å². The number of nitrogens with zero attached hydrogens (tertiary/aromatic N) is 3. The summed E-state index contributed by atoms with van der Waals surface area (Å²) < 4.78 is 4.92. The third-order valence-electron chi connectivity index (χ3n) is 2.68. The van der Waals surface area contributed by atoms with Crippen molar-refractivity contribution >= 4 is 11.9 Å². The Bertz CT molecular complexity index is 381. The van der Waals surface area contributed by atoms with E-state index in [0.29, 0.717) is 24.7 Å². The van der Waals surface area contributed by atoms with Crippen LogP contribution >= 0.6 is 0 Å². The van der Waals surface area contributed by atoms with Gasteiger partial charge in [0.2, 0.25) is 5.95 Å². The SMILES string of the molecule is CCCCN(C)C(=O)c1cnc(NCCOC)nc1. The molecule has 0 fully saturated rings. The molecule has 0 bridgehead atoms. The van der Waals surface area contributed by atoms with Gasteiger partial charge in [-0.1, -0.05) is 13.3 Å². The molecule has 0 spiro atoms. The summed E-state index contributed by atoms with van der Waals surface area (Å²) >= 11 is 0. The lowest BCUT2D eigenvalue weighted by Crippen LogP contribution is -2.28. The van der Waals surface area contributed by atoms with Gasteiger partial charge in [-0.2, -0.15) is 0 Å². The van der Waals surface area contributed by atoms with Crippen molar-refractivity contribution in [3.63, 3.8) is 0 Å². The second kappa shape index (κ2) is 8.42. The molecular weight excluding hydrogens is 244 g/mol. The third-order valence-corrected chi connectivity index (χ3v) is 2.68. The van der Waals surface area contributed by atoms with Gasteiger partial charge in [0.25, 0.3) is 5.91 Å². The van der Waals surface area contributed by atoms with Crippen LogP contribution < -0.4 is 5.32 Å². The lowest BCUT2D eigenvalue weighted by molar-refractivity contribution is 0.0792. The van der Waals surface area contributed by atoms with E-state index >= 15 is 0 Å². The van der Waals surface area contributed by atoms with Crippen LogP contribution in [0.1, 0.15) is 30.1 Å². The molecule has 6 heteroatoms. The van der Waals surface area contributed by atoms with Crippen LogP contribution in [0.25, 0.3) is 0 Å². The standard InChI is InChI=1S/C13H22N4O2/c1-4-5-7-17(2)12(18)11-9-15-13(16-10-11)14-6-8-19-3/h9-10H,4-8H2,1-3H3,(H,14,15,16). The molecule has 0 aromatic carbocycles. The summed E-state index contributed by atoms with van der Waals surface area (Å²) in [5.41, 5.74) is 0.510. The molecule has 1 amide bonds. The summed E-state index contributed by atoms with van der Waals surface area (Å²) in [5.74, 6) is 0.460. The molecule has 106 valence electrons. The van der Waals surface area contributed by atoms with Gasteiger partial charge in [0.1, 0.15) is 0 Å². The number of ether oxygens (including phenoxy) is 1. The molecule has 0 unspecified atom stereocenters. The smallest absolute Gasteiger partial charge is 0.256 e. The summed E-state index contributed by atoms with van der Waals surface area (Å²) in [6.45, 7) is 4.08. The van der Waals surface area contributed by atoms with E-state index in [9.17, 15) is 4.79 Å². The largest absolute Gasteiger partial charge is 0.383 e. The summed E-state index contributed by atoms with van der Waals surface area (Å²) in [4.78, 5) is 21.9. The minimum Gasteiger partial charge on any atom is -0.383 e. The number of methoxy groups -OCH3 is 1. The van der Waals surface area contributed by atoms with E-state index in [2.05, 4.69) is 22.2 Å². The topological polar surface area (TPSA) is 67.4 Å². The Balaban J connectivity index is 2.52. The number of nitrogens with one attached hydrogen (secondary N) is 1. The maximum absolute atomic E-state index is 12.0. The van der Waals surface area contributed by atoms with E-state index < -0.39 is 0 Å². The monoisotopic (exact) mass is 266 g/mol. The quantitative estimate of drug-likeness (QED) is 0.720. The van der Waals surface area contributed by atoms with Crippen LogP contribution in [0.3, 0.4) is 0 Å². The number of amides is 1. The fourth-order valence-corrected chi connectivity index (χ4v) is 1.51. The van der Waals surface area contributed by atoms with Gasteiger partial charge in [-0.15, -0.1) is 0 Å². The highest BCUT2D eigenvalue weighted by atomic mass is 16.5. The summed E-state index contributed by atoms with van der Waals surface area (Å²) in [5, 5.41) is 3.00. The first-order valence-corrected chi connectivity index (χ1v) is 6.49. The summed E-state index contributed by atoms with van der Waals surface area (Å²) in [6.07, 6.45) is 5.16. The molecule has 0 aliphatic rings. The normalized spacial score (nSPS) is 10.3. The predicted octanol–water partition coefficient (Wildman–Crippen LogP) is 1.41. The van der Waals surface area contributed by atoms with E-state index in [4.69, 9.17) is 4.74 Å². The van der Waals surface area contributed by atoms with Gasteiger partial charge in [-0.05, 0) is 6.42 Å². The van der Waals surface area contributed by atoms with Gasteiger partial charge in [0.05, 0.1) is 12.2 Å². The van der Waals surface area contributed by atoms with Crippen LogP contribution in [0.4, 0.5) is 5.95 Å². The average Bonchev–Trinajstić information content (AvgIpc) is 2.45. The van der Waals surface area contributed by atoms with E-state index in [-0.39, 0.29) is 5.91 Å². The Morgan fingerprint density at radius 3 is 2.68 bits per heavy atom. The number of unbranched alkanes of at least 4 members (excludes halogenated alkanes) is 1. The first-order chi connectivity index (χ1) is 9.19. The number of rotatable bonds is 8. The molecule has 0 atom stereocenters. The van der Waals surface area contributed by atoms with E-state index in [1.165, 1.54) is 0 Å². The zero-order chi connectivity index (χ0) is 14.1. The zero-order valence-electron chi connectivity index (χ0n) is 11.8. The van der Waals surface area contributed by atoms with Crippen LogP contribution in [-0.4, -0.2) is 54.6 Å². The Morgan fingerprint density at radius 2 is 2.11 bits per heavy atom. The molecule has 0 saturated carbocycles. The average molecular weight is 266 g/mol. The summed E-state index contributed by atoms with van der Waals surface area (Å²) in [7, 11) is 3.43.